The van der Waals surface area contributed by atoms with Gasteiger partial charge in [0.25, 0.3) is 0 Å². The number of ether oxygens (including phenoxy) is 1. The molecular formula is C19H35N3O2. The number of carbonyl (C=O) groups is 1. The predicted molar refractivity (Wildman–Crippen MR) is 96.0 cm³/mol. The van der Waals surface area contributed by atoms with Crippen molar-refractivity contribution in [2.24, 2.45) is 11.8 Å². The van der Waals surface area contributed by atoms with Crippen molar-refractivity contribution < 1.29 is 9.53 Å². The summed E-state index contributed by atoms with van der Waals surface area (Å²) in [5.74, 6) is 1.92. The Labute approximate surface area is 147 Å². The highest BCUT2D eigenvalue weighted by Crippen LogP contribution is 2.27. The first-order chi connectivity index (χ1) is 11.6. The summed E-state index contributed by atoms with van der Waals surface area (Å²) in [6.07, 6.45) is 7.00. The highest BCUT2D eigenvalue weighted by atomic mass is 16.5. The minimum atomic E-state index is 0.296. The van der Waals surface area contributed by atoms with Crippen LogP contribution in [0.5, 0.6) is 0 Å². The van der Waals surface area contributed by atoms with Gasteiger partial charge in [0, 0.05) is 26.2 Å². The second kappa shape index (κ2) is 8.63. The molecule has 24 heavy (non-hydrogen) atoms. The van der Waals surface area contributed by atoms with Crippen molar-refractivity contribution in [3.63, 3.8) is 0 Å². The SMILES string of the molecule is CC1CN(CCC2CCN(C(=O)CNCC3CC3)CC2)CC(C)O1. The molecule has 5 heteroatoms. The van der Waals surface area contributed by atoms with Crippen LogP contribution in [-0.4, -0.2) is 73.7 Å². The Morgan fingerprint density at radius 2 is 1.71 bits per heavy atom. The Hall–Kier alpha value is -0.650. The van der Waals surface area contributed by atoms with Crippen LogP contribution in [0, 0.1) is 11.8 Å². The van der Waals surface area contributed by atoms with Gasteiger partial charge >= 0.3 is 0 Å². The van der Waals surface area contributed by atoms with Gasteiger partial charge in [-0.25, -0.2) is 0 Å². The summed E-state index contributed by atoms with van der Waals surface area (Å²) in [6, 6.07) is 0. The number of carbonyl (C=O) groups excluding carboxylic acids is 1. The molecule has 2 aliphatic heterocycles. The van der Waals surface area contributed by atoms with Gasteiger partial charge in [0.1, 0.15) is 0 Å². The summed E-state index contributed by atoms with van der Waals surface area (Å²) in [5.41, 5.74) is 0. The third-order valence-corrected chi connectivity index (χ3v) is 5.72. The molecule has 0 radical (unpaired) electrons. The highest BCUT2D eigenvalue weighted by Gasteiger charge is 2.26. The molecule has 0 bridgehead atoms. The van der Waals surface area contributed by atoms with Gasteiger partial charge < -0.3 is 15.0 Å². The normalized spacial score (nSPS) is 29.8. The number of rotatable bonds is 7. The van der Waals surface area contributed by atoms with Gasteiger partial charge in [0.2, 0.25) is 5.91 Å². The lowest BCUT2D eigenvalue weighted by Gasteiger charge is -2.37. The second-order valence-corrected chi connectivity index (χ2v) is 8.20. The largest absolute Gasteiger partial charge is 0.373 e. The van der Waals surface area contributed by atoms with Crippen LogP contribution in [0.2, 0.25) is 0 Å². The van der Waals surface area contributed by atoms with Crippen molar-refractivity contribution >= 4 is 5.91 Å². The lowest BCUT2D eigenvalue weighted by Crippen LogP contribution is -2.46. The van der Waals surface area contributed by atoms with Crippen LogP contribution < -0.4 is 5.32 Å². The summed E-state index contributed by atoms with van der Waals surface area (Å²) in [7, 11) is 0. The number of piperidine rings is 1. The van der Waals surface area contributed by atoms with E-state index in [1.165, 1.54) is 38.6 Å². The topological polar surface area (TPSA) is 44.8 Å². The molecule has 0 aromatic rings. The molecule has 2 unspecified atom stereocenters. The first-order valence-corrected chi connectivity index (χ1v) is 9.96. The van der Waals surface area contributed by atoms with E-state index < -0.39 is 0 Å². The Morgan fingerprint density at radius 1 is 1.04 bits per heavy atom. The van der Waals surface area contributed by atoms with Crippen LogP contribution in [0.15, 0.2) is 0 Å². The van der Waals surface area contributed by atoms with E-state index in [0.29, 0.717) is 24.7 Å². The summed E-state index contributed by atoms with van der Waals surface area (Å²) >= 11 is 0. The zero-order chi connectivity index (χ0) is 16.9. The Kier molecular flexibility index (Phi) is 6.53. The van der Waals surface area contributed by atoms with Gasteiger partial charge in [0.05, 0.1) is 18.8 Å². The quantitative estimate of drug-likeness (QED) is 0.768. The predicted octanol–water partition coefficient (Wildman–Crippen LogP) is 1.72. The number of nitrogens with zero attached hydrogens (tertiary/aromatic N) is 2. The minimum absolute atomic E-state index is 0.296. The molecule has 0 aromatic carbocycles. The first kappa shape index (κ1) is 18.2. The number of nitrogens with one attached hydrogen (secondary N) is 1. The molecule has 3 fully saturated rings. The molecule has 2 atom stereocenters. The molecule has 138 valence electrons. The summed E-state index contributed by atoms with van der Waals surface area (Å²) in [6.45, 7) is 11.1. The molecule has 1 amide bonds. The van der Waals surface area contributed by atoms with Crippen molar-refractivity contribution in [1.82, 2.24) is 15.1 Å². The van der Waals surface area contributed by atoms with Crippen LogP contribution in [-0.2, 0) is 9.53 Å². The van der Waals surface area contributed by atoms with E-state index in [-0.39, 0.29) is 0 Å². The van der Waals surface area contributed by atoms with E-state index >= 15 is 0 Å². The van der Waals surface area contributed by atoms with Crippen LogP contribution in [0.1, 0.15) is 46.0 Å². The molecule has 3 rings (SSSR count). The maximum Gasteiger partial charge on any atom is 0.236 e. The zero-order valence-corrected chi connectivity index (χ0v) is 15.5. The van der Waals surface area contributed by atoms with E-state index in [1.54, 1.807) is 0 Å². The number of hydrogen-bond donors (Lipinski definition) is 1. The number of morpholine rings is 1. The third-order valence-electron chi connectivity index (χ3n) is 5.72. The number of hydrogen-bond acceptors (Lipinski definition) is 4. The van der Waals surface area contributed by atoms with Crippen molar-refractivity contribution in [2.75, 3.05) is 45.8 Å². The molecule has 0 spiro atoms. The van der Waals surface area contributed by atoms with Crippen LogP contribution >= 0.6 is 0 Å². The van der Waals surface area contributed by atoms with Gasteiger partial charge in [-0.05, 0) is 70.9 Å². The molecule has 0 aromatic heterocycles. The smallest absolute Gasteiger partial charge is 0.236 e. The standard InChI is InChI=1S/C19H35N3O2/c1-15-13-21(14-16(2)24-15)8-5-17-6-9-22(10-7-17)19(23)12-20-11-18-3-4-18/h15-18,20H,3-14H2,1-2H3. The fourth-order valence-corrected chi connectivity index (χ4v) is 4.12. The monoisotopic (exact) mass is 337 g/mol. The molecule has 2 heterocycles. The van der Waals surface area contributed by atoms with Gasteiger partial charge in [-0.1, -0.05) is 0 Å². The van der Waals surface area contributed by atoms with Crippen LogP contribution in [0.3, 0.4) is 0 Å². The van der Waals surface area contributed by atoms with E-state index in [4.69, 9.17) is 4.74 Å². The second-order valence-electron chi connectivity index (χ2n) is 8.20. The van der Waals surface area contributed by atoms with Crippen LogP contribution in [0.4, 0.5) is 0 Å². The Balaban J connectivity index is 1.29. The fourth-order valence-electron chi connectivity index (χ4n) is 4.12. The molecule has 1 saturated carbocycles. The first-order valence-electron chi connectivity index (χ1n) is 9.96. The lowest BCUT2D eigenvalue weighted by molar-refractivity contribution is -0.131. The van der Waals surface area contributed by atoms with E-state index in [0.717, 1.165) is 44.6 Å². The third kappa shape index (κ3) is 5.71. The molecule has 5 nitrogen and oxygen atoms in total. The Bertz CT molecular complexity index is 395. The number of likely N-dealkylation sites (tertiary alicyclic amines) is 1. The Morgan fingerprint density at radius 3 is 2.33 bits per heavy atom. The van der Waals surface area contributed by atoms with Crippen molar-refractivity contribution in [3.05, 3.63) is 0 Å². The minimum Gasteiger partial charge on any atom is -0.373 e. The van der Waals surface area contributed by atoms with Crippen molar-refractivity contribution in [2.45, 2.75) is 58.2 Å². The molecule has 2 saturated heterocycles. The maximum absolute atomic E-state index is 12.2. The average molecular weight is 338 g/mol. The molecule has 1 N–H and O–H groups in total. The van der Waals surface area contributed by atoms with Crippen molar-refractivity contribution in [3.8, 4) is 0 Å². The molecular weight excluding hydrogens is 302 g/mol. The fraction of sp³-hybridized carbons (Fsp3) is 0.947. The van der Waals surface area contributed by atoms with Gasteiger partial charge in [-0.2, -0.15) is 0 Å². The van der Waals surface area contributed by atoms with Gasteiger partial charge in [-0.15, -0.1) is 0 Å². The summed E-state index contributed by atoms with van der Waals surface area (Å²) in [4.78, 5) is 16.8. The van der Waals surface area contributed by atoms with Gasteiger partial charge in [-0.3, -0.25) is 9.69 Å². The number of amides is 1. The summed E-state index contributed by atoms with van der Waals surface area (Å²) < 4.78 is 5.81. The van der Waals surface area contributed by atoms with Gasteiger partial charge in [0.15, 0.2) is 0 Å². The van der Waals surface area contributed by atoms with E-state index in [1.807, 2.05) is 0 Å². The molecule has 1 aliphatic carbocycles. The summed E-state index contributed by atoms with van der Waals surface area (Å²) in [5, 5.41) is 3.32. The zero-order valence-electron chi connectivity index (χ0n) is 15.5. The van der Waals surface area contributed by atoms with E-state index in [2.05, 4.69) is 29.0 Å². The van der Waals surface area contributed by atoms with Crippen LogP contribution in [0.25, 0.3) is 0 Å². The molecule has 3 aliphatic rings. The van der Waals surface area contributed by atoms with E-state index in [9.17, 15) is 4.79 Å². The highest BCUT2D eigenvalue weighted by molar-refractivity contribution is 5.78. The average Bonchev–Trinajstić information content (AvgIpc) is 3.37. The van der Waals surface area contributed by atoms with Crippen molar-refractivity contribution in [1.29, 1.82) is 0 Å². The lowest BCUT2D eigenvalue weighted by atomic mass is 9.93. The maximum atomic E-state index is 12.2.